The van der Waals surface area contributed by atoms with Crippen LogP contribution in [-0.2, 0) is 0 Å². The first-order valence-corrected chi connectivity index (χ1v) is 3.54. The van der Waals surface area contributed by atoms with Crippen LogP contribution in [0.4, 0.5) is 15.8 Å². The second-order valence-electron chi connectivity index (χ2n) is 2.56. The number of aliphatic hydroxyl groups excluding tert-OH is 1. The van der Waals surface area contributed by atoms with E-state index in [4.69, 9.17) is 16.6 Å². The van der Waals surface area contributed by atoms with Gasteiger partial charge in [-0.1, -0.05) is 0 Å². The van der Waals surface area contributed by atoms with Gasteiger partial charge < -0.3 is 16.6 Å². The summed E-state index contributed by atoms with van der Waals surface area (Å²) in [6.07, 6.45) is -1.17. The van der Waals surface area contributed by atoms with Gasteiger partial charge >= 0.3 is 0 Å². The Balaban J connectivity index is 3.04. The van der Waals surface area contributed by atoms with Gasteiger partial charge in [0.05, 0.1) is 0 Å². The zero-order valence-corrected chi connectivity index (χ0v) is 6.50. The van der Waals surface area contributed by atoms with E-state index in [0.717, 1.165) is 0 Å². The molecule has 4 heteroatoms. The lowest BCUT2D eigenvalue weighted by atomic mass is 10.1. The van der Waals surface area contributed by atoms with E-state index in [9.17, 15) is 4.39 Å². The van der Waals surface area contributed by atoms with Gasteiger partial charge in [0.2, 0.25) is 0 Å². The zero-order valence-electron chi connectivity index (χ0n) is 6.50. The van der Waals surface area contributed by atoms with Gasteiger partial charge in [-0.15, -0.1) is 0 Å². The summed E-state index contributed by atoms with van der Waals surface area (Å²) < 4.78 is 12.0. The van der Waals surface area contributed by atoms with Crippen molar-refractivity contribution >= 4 is 11.4 Å². The van der Waals surface area contributed by atoms with Crippen LogP contribution in [0.1, 0.15) is 11.7 Å². The Kier molecular flexibility index (Phi) is 2.50. The summed E-state index contributed by atoms with van der Waals surface area (Å²) in [6, 6.07) is 4.62. The van der Waals surface area contributed by atoms with E-state index < -0.39 is 12.8 Å². The third-order valence-corrected chi connectivity index (χ3v) is 1.62. The second-order valence-corrected chi connectivity index (χ2v) is 2.56. The molecule has 0 aliphatic heterocycles. The summed E-state index contributed by atoms with van der Waals surface area (Å²) in [7, 11) is 0. The third-order valence-electron chi connectivity index (χ3n) is 1.62. The quantitative estimate of drug-likeness (QED) is 0.576. The predicted octanol–water partition coefficient (Wildman–Crippen LogP) is 0.854. The summed E-state index contributed by atoms with van der Waals surface area (Å²) in [6.45, 7) is -0.854. The lowest BCUT2D eigenvalue weighted by Gasteiger charge is -2.09. The van der Waals surface area contributed by atoms with E-state index in [2.05, 4.69) is 0 Å². The van der Waals surface area contributed by atoms with Crippen LogP contribution >= 0.6 is 0 Å². The van der Waals surface area contributed by atoms with Gasteiger partial charge in [0, 0.05) is 16.9 Å². The van der Waals surface area contributed by atoms with Gasteiger partial charge in [-0.05, 0) is 18.2 Å². The van der Waals surface area contributed by atoms with Crippen molar-refractivity contribution in [1.29, 1.82) is 0 Å². The lowest BCUT2D eigenvalue weighted by molar-refractivity contribution is 0.142. The molecule has 0 aromatic heterocycles. The first kappa shape index (κ1) is 8.80. The van der Waals surface area contributed by atoms with E-state index in [1.165, 1.54) is 6.07 Å². The van der Waals surface area contributed by atoms with Crippen molar-refractivity contribution in [1.82, 2.24) is 0 Å². The molecule has 0 heterocycles. The Labute approximate surface area is 69.8 Å². The minimum Gasteiger partial charge on any atom is -0.399 e. The van der Waals surface area contributed by atoms with Crippen molar-refractivity contribution in [2.24, 2.45) is 0 Å². The number of benzene rings is 1. The van der Waals surface area contributed by atoms with E-state index in [1.807, 2.05) is 0 Å². The number of alkyl halides is 1. The molecule has 1 atom stereocenters. The predicted molar refractivity (Wildman–Crippen MR) is 46.2 cm³/mol. The van der Waals surface area contributed by atoms with Gasteiger partial charge in [-0.25, -0.2) is 4.39 Å². The highest BCUT2D eigenvalue weighted by Crippen LogP contribution is 2.22. The first-order valence-electron chi connectivity index (χ1n) is 3.54. The maximum atomic E-state index is 12.0. The first-order chi connectivity index (χ1) is 5.65. The number of hydrogen-bond donors (Lipinski definition) is 3. The fraction of sp³-hybridized carbons (Fsp3) is 0.250. The van der Waals surface area contributed by atoms with Crippen molar-refractivity contribution in [3.8, 4) is 0 Å². The maximum Gasteiger partial charge on any atom is 0.120 e. The number of hydrogen-bond acceptors (Lipinski definition) is 3. The van der Waals surface area contributed by atoms with Gasteiger partial charge in [0.1, 0.15) is 12.8 Å². The van der Waals surface area contributed by atoms with Crippen molar-refractivity contribution in [3.63, 3.8) is 0 Å². The number of aliphatic hydroxyl groups is 1. The number of halogens is 1. The van der Waals surface area contributed by atoms with Gasteiger partial charge in [0.25, 0.3) is 0 Å². The van der Waals surface area contributed by atoms with Crippen LogP contribution in [0.15, 0.2) is 18.2 Å². The smallest absolute Gasteiger partial charge is 0.120 e. The van der Waals surface area contributed by atoms with Crippen LogP contribution in [0.3, 0.4) is 0 Å². The summed E-state index contributed by atoms with van der Waals surface area (Å²) in [5, 5.41) is 9.12. The highest BCUT2D eigenvalue weighted by molar-refractivity contribution is 5.56. The molecule has 5 N–H and O–H groups in total. The van der Waals surface area contributed by atoms with Crippen LogP contribution in [0.25, 0.3) is 0 Å². The lowest BCUT2D eigenvalue weighted by Crippen LogP contribution is -2.04. The van der Waals surface area contributed by atoms with E-state index >= 15 is 0 Å². The van der Waals surface area contributed by atoms with Crippen molar-refractivity contribution in [2.45, 2.75) is 6.10 Å². The molecule has 3 nitrogen and oxygen atoms in total. The monoisotopic (exact) mass is 170 g/mol. The summed E-state index contributed by atoms with van der Waals surface area (Å²) in [5.74, 6) is 0. The molecular weight excluding hydrogens is 159 g/mol. The summed E-state index contributed by atoms with van der Waals surface area (Å²) >= 11 is 0. The Hall–Kier alpha value is -1.29. The van der Waals surface area contributed by atoms with Gasteiger partial charge in [-0.3, -0.25) is 0 Å². The molecule has 0 aliphatic rings. The molecular formula is C8H11FN2O. The molecule has 0 radical (unpaired) electrons. The van der Waals surface area contributed by atoms with Crippen molar-refractivity contribution < 1.29 is 9.50 Å². The Morgan fingerprint density at radius 1 is 1.42 bits per heavy atom. The molecule has 1 aromatic rings. The van der Waals surface area contributed by atoms with E-state index in [-0.39, 0.29) is 0 Å². The van der Waals surface area contributed by atoms with Crippen LogP contribution in [0, 0.1) is 0 Å². The molecule has 1 rings (SSSR count). The van der Waals surface area contributed by atoms with E-state index in [1.54, 1.807) is 12.1 Å². The van der Waals surface area contributed by atoms with Gasteiger partial charge in [-0.2, -0.15) is 0 Å². The minimum absolute atomic E-state index is 0.345. The van der Waals surface area contributed by atoms with Crippen LogP contribution in [-0.4, -0.2) is 11.8 Å². The van der Waals surface area contributed by atoms with Crippen molar-refractivity contribution in [3.05, 3.63) is 23.8 Å². The largest absolute Gasteiger partial charge is 0.399 e. The molecule has 1 aromatic carbocycles. The zero-order chi connectivity index (χ0) is 9.14. The highest BCUT2D eigenvalue weighted by atomic mass is 19.1. The number of rotatable bonds is 2. The molecule has 0 saturated heterocycles. The van der Waals surface area contributed by atoms with Crippen LogP contribution in [0.2, 0.25) is 0 Å². The summed E-state index contributed by atoms with van der Waals surface area (Å²) in [4.78, 5) is 0. The number of anilines is 2. The summed E-state index contributed by atoms with van der Waals surface area (Å²) in [5.41, 5.74) is 12.1. The fourth-order valence-electron chi connectivity index (χ4n) is 0.965. The molecule has 0 saturated carbocycles. The SMILES string of the molecule is Nc1ccc(N)c(C(O)CF)c1. The Morgan fingerprint density at radius 3 is 2.67 bits per heavy atom. The van der Waals surface area contributed by atoms with E-state index in [0.29, 0.717) is 16.9 Å². The molecule has 0 amide bonds. The second kappa shape index (κ2) is 3.40. The molecule has 0 bridgehead atoms. The molecule has 66 valence electrons. The molecule has 0 spiro atoms. The number of nitrogen functional groups attached to an aromatic ring is 2. The third kappa shape index (κ3) is 1.65. The molecule has 0 aliphatic carbocycles. The van der Waals surface area contributed by atoms with Crippen LogP contribution in [0.5, 0.6) is 0 Å². The standard InChI is InChI=1S/C8H11FN2O/c9-4-8(12)6-3-5(10)1-2-7(6)11/h1-3,8,12H,4,10-11H2. The number of nitrogens with two attached hydrogens (primary N) is 2. The average Bonchev–Trinajstić information content (AvgIpc) is 2.08. The van der Waals surface area contributed by atoms with Crippen molar-refractivity contribution in [2.75, 3.05) is 18.1 Å². The molecule has 1 unspecified atom stereocenters. The van der Waals surface area contributed by atoms with Crippen LogP contribution < -0.4 is 11.5 Å². The maximum absolute atomic E-state index is 12.0. The fourth-order valence-corrected chi connectivity index (χ4v) is 0.965. The van der Waals surface area contributed by atoms with Gasteiger partial charge in [0.15, 0.2) is 0 Å². The topological polar surface area (TPSA) is 72.3 Å². The Morgan fingerprint density at radius 2 is 2.08 bits per heavy atom. The minimum atomic E-state index is -1.17. The Bertz CT molecular complexity index is 278. The molecule has 0 fully saturated rings. The highest BCUT2D eigenvalue weighted by Gasteiger charge is 2.10. The normalized spacial score (nSPS) is 12.8. The molecule has 12 heavy (non-hydrogen) atoms. The average molecular weight is 170 g/mol.